The summed E-state index contributed by atoms with van der Waals surface area (Å²) in [6.45, 7) is 0. The molecule has 0 radical (unpaired) electrons. The number of hydrogen-bond donors (Lipinski definition) is 0. The molecule has 0 amide bonds. The van der Waals surface area contributed by atoms with Crippen LogP contribution in [0.2, 0.25) is 0 Å². The third kappa shape index (κ3) is 8.41. The van der Waals surface area contributed by atoms with Crippen molar-refractivity contribution in [2.24, 2.45) is 0 Å². The molecule has 0 atom stereocenters. The van der Waals surface area contributed by atoms with Crippen molar-refractivity contribution in [1.82, 2.24) is 15.0 Å². The molecule has 0 saturated heterocycles. The van der Waals surface area contributed by atoms with Gasteiger partial charge in [-0.05, 0) is 45.5 Å². The van der Waals surface area contributed by atoms with Gasteiger partial charge in [0, 0.05) is 27.7 Å². The fraction of sp³-hybridized carbons (Fsp3) is 0. The molecule has 0 saturated carbocycles. The normalized spacial score (nSPS) is 10.8. The summed E-state index contributed by atoms with van der Waals surface area (Å²) in [6.07, 6.45) is 0. The van der Waals surface area contributed by atoms with E-state index in [9.17, 15) is 0 Å². The fourth-order valence-electron chi connectivity index (χ4n) is 7.68. The summed E-state index contributed by atoms with van der Waals surface area (Å²) in [5.74, 6) is 1.81. The van der Waals surface area contributed by atoms with E-state index in [2.05, 4.69) is 109 Å². The van der Waals surface area contributed by atoms with Gasteiger partial charge in [-0.2, -0.15) is 78.4 Å². The summed E-state index contributed by atoms with van der Waals surface area (Å²) in [5.41, 5.74) is 12.6. The first kappa shape index (κ1) is 40.2. The molecule has 9 aromatic carbocycles. The van der Waals surface area contributed by atoms with Gasteiger partial charge in [0.05, 0.1) is 0 Å². The number of benzene rings is 9. The first-order valence-corrected chi connectivity index (χ1v) is 20.2. The average Bonchev–Trinajstić information content (AvgIpc) is 3.74. The molecule has 0 unspecified atom stereocenters. The van der Waals surface area contributed by atoms with Crippen LogP contribution in [0.15, 0.2) is 223 Å². The Kier molecular flexibility index (Phi) is 12.1. The molecule has 5 heteroatoms. The molecule has 11 rings (SSSR count). The van der Waals surface area contributed by atoms with Crippen molar-refractivity contribution in [3.05, 3.63) is 237 Å². The smallest absolute Gasteiger partial charge is 0.510 e. The molecule has 0 bridgehead atoms. The molecule has 62 heavy (non-hydrogen) atoms. The Morgan fingerprint density at radius 3 is 1.50 bits per heavy atom. The first-order valence-electron chi connectivity index (χ1n) is 20.2. The number of aromatic nitrogens is 3. The molecule has 0 spiro atoms. The second-order valence-corrected chi connectivity index (χ2v) is 14.5. The van der Waals surface area contributed by atoms with Crippen molar-refractivity contribution < 1.29 is 34.0 Å². The molecule has 0 aliphatic carbocycles. The van der Waals surface area contributed by atoms with Crippen LogP contribution in [0.3, 0.4) is 0 Å². The van der Waals surface area contributed by atoms with Gasteiger partial charge in [-0.15, -0.1) is 12.1 Å². The Hall–Kier alpha value is -7.21. The quantitative estimate of drug-likeness (QED) is 0.119. The van der Waals surface area contributed by atoms with E-state index < -0.39 is 0 Å². The molecular formula is C57H36N3NaO-2. The van der Waals surface area contributed by atoms with Crippen molar-refractivity contribution >= 4 is 21.9 Å². The van der Waals surface area contributed by atoms with Crippen LogP contribution in [0.25, 0.3) is 101 Å². The van der Waals surface area contributed by atoms with Crippen LogP contribution in [0.4, 0.5) is 0 Å². The first-order chi connectivity index (χ1) is 30.3. The molecular weight excluding hydrogens is 766 g/mol. The van der Waals surface area contributed by atoms with Crippen molar-refractivity contribution in [1.29, 1.82) is 0 Å². The van der Waals surface area contributed by atoms with Crippen LogP contribution in [-0.2, 0) is 0 Å². The van der Waals surface area contributed by atoms with Crippen LogP contribution >= 0.6 is 0 Å². The van der Waals surface area contributed by atoms with Crippen molar-refractivity contribution in [2.45, 2.75) is 0 Å². The summed E-state index contributed by atoms with van der Waals surface area (Å²) in [5, 5.41) is 2.08. The number of furan rings is 1. The molecule has 2 heterocycles. The van der Waals surface area contributed by atoms with Crippen LogP contribution in [0.1, 0.15) is 0 Å². The zero-order valence-electron chi connectivity index (χ0n) is 34.0. The molecule has 4 nitrogen and oxygen atoms in total. The van der Waals surface area contributed by atoms with E-state index in [1.807, 2.05) is 127 Å². The summed E-state index contributed by atoms with van der Waals surface area (Å²) >= 11 is 0. The second-order valence-electron chi connectivity index (χ2n) is 14.5. The Balaban J connectivity index is 0.000000647. The minimum absolute atomic E-state index is 0. The van der Waals surface area contributed by atoms with Crippen molar-refractivity contribution in [3.8, 4) is 78.7 Å². The summed E-state index contributed by atoms with van der Waals surface area (Å²) in [6, 6.07) is 83.5. The third-order valence-electron chi connectivity index (χ3n) is 10.6. The maximum absolute atomic E-state index is 6.66. The molecule has 0 N–H and O–H groups in total. The molecule has 288 valence electrons. The van der Waals surface area contributed by atoms with E-state index >= 15 is 0 Å². The number of fused-ring (bicyclic) bond motifs is 3. The summed E-state index contributed by atoms with van der Waals surface area (Å²) in [4.78, 5) is 15.4. The molecule has 0 fully saturated rings. The Labute approximate surface area is 383 Å². The second kappa shape index (κ2) is 18.6. The van der Waals surface area contributed by atoms with Gasteiger partial charge in [-0.3, -0.25) is 0 Å². The monoisotopic (exact) mass is 801 g/mol. The number of rotatable bonds is 7. The van der Waals surface area contributed by atoms with Gasteiger partial charge in [-0.25, -0.2) is 20.5 Å². The van der Waals surface area contributed by atoms with Crippen LogP contribution in [0, 0.1) is 18.2 Å². The van der Waals surface area contributed by atoms with Crippen molar-refractivity contribution in [2.75, 3.05) is 0 Å². The predicted molar refractivity (Wildman–Crippen MR) is 248 cm³/mol. The minimum Gasteiger partial charge on any atom is -0.510 e. The standard InChI is InChI=1S/C51H31N3O.C6H5.Na/c1-5-16-34(17-6-1)40-24-13-14-25-41(40)38-28-30-42(39-29-31-44-45-27-15-26-43(35-18-7-2-8-19-35)48(45)55-47(44)33-39)46(32-38)51-53-49(36-20-9-3-10-21-36)52-50(54-51)37-22-11-4-12-23-37;1-2-4-6-5-3-1;/h1-18,20-25,27-33H;1-5H;/q-2;-1;+1. The van der Waals surface area contributed by atoms with Gasteiger partial charge in [-0.1, -0.05) is 145 Å². The van der Waals surface area contributed by atoms with Gasteiger partial charge >= 0.3 is 29.6 Å². The number of hydrogen-bond acceptors (Lipinski definition) is 4. The molecule has 11 aromatic rings. The van der Waals surface area contributed by atoms with E-state index in [1.165, 1.54) is 0 Å². The SMILES string of the molecule is [Na+].[c-]1ccccc1.[c-]1ccccc1-c1[c-]ccc2c1oc1cc(-c3ccc(-c4ccccc4-c4ccccc4)cc3-c3nc(-c4ccccc4)nc(-c4ccccc4)n3)ccc12. The molecule has 0 aliphatic rings. The Bertz CT molecular complexity index is 3140. The number of nitrogens with zero attached hydrogens (tertiary/aromatic N) is 3. The third-order valence-corrected chi connectivity index (χ3v) is 10.6. The topological polar surface area (TPSA) is 51.8 Å². The fourth-order valence-corrected chi connectivity index (χ4v) is 7.68. The van der Waals surface area contributed by atoms with E-state index in [0.717, 1.165) is 83.1 Å². The molecule has 0 aliphatic heterocycles. The van der Waals surface area contributed by atoms with Gasteiger partial charge in [0.2, 0.25) is 0 Å². The van der Waals surface area contributed by atoms with Crippen LogP contribution in [0.5, 0.6) is 0 Å². The van der Waals surface area contributed by atoms with Gasteiger partial charge in [0.25, 0.3) is 0 Å². The Morgan fingerprint density at radius 1 is 0.355 bits per heavy atom. The van der Waals surface area contributed by atoms with Crippen LogP contribution in [-0.4, -0.2) is 15.0 Å². The maximum atomic E-state index is 6.66. The van der Waals surface area contributed by atoms with E-state index in [4.69, 9.17) is 19.4 Å². The van der Waals surface area contributed by atoms with Crippen LogP contribution < -0.4 is 29.6 Å². The Morgan fingerprint density at radius 2 is 0.887 bits per heavy atom. The van der Waals surface area contributed by atoms with Gasteiger partial charge < -0.3 is 4.42 Å². The van der Waals surface area contributed by atoms with Crippen molar-refractivity contribution in [3.63, 3.8) is 0 Å². The van der Waals surface area contributed by atoms with Gasteiger partial charge in [0.1, 0.15) is 5.58 Å². The van der Waals surface area contributed by atoms with Gasteiger partial charge in [0.15, 0.2) is 17.5 Å². The minimum atomic E-state index is 0. The van der Waals surface area contributed by atoms with E-state index in [0.29, 0.717) is 17.5 Å². The van der Waals surface area contributed by atoms with E-state index in [1.54, 1.807) is 0 Å². The van der Waals surface area contributed by atoms with E-state index in [-0.39, 0.29) is 29.6 Å². The molecule has 2 aromatic heterocycles. The predicted octanol–water partition coefficient (Wildman–Crippen LogP) is 11.5. The zero-order valence-corrected chi connectivity index (χ0v) is 36.0. The average molecular weight is 802 g/mol. The maximum Gasteiger partial charge on any atom is 1.00 e. The summed E-state index contributed by atoms with van der Waals surface area (Å²) in [7, 11) is 0. The summed E-state index contributed by atoms with van der Waals surface area (Å²) < 4.78 is 6.66. The zero-order chi connectivity index (χ0) is 40.8. The largest absolute Gasteiger partial charge is 1.00 e.